The summed E-state index contributed by atoms with van der Waals surface area (Å²) in [6, 6.07) is 6.86. The zero-order valence-corrected chi connectivity index (χ0v) is 12.6. The van der Waals surface area contributed by atoms with Crippen molar-refractivity contribution in [1.82, 2.24) is 14.7 Å². The van der Waals surface area contributed by atoms with Crippen LogP contribution in [0.4, 0.5) is 0 Å². The normalized spacial score (nSPS) is 23.9. The topological polar surface area (TPSA) is 29.3 Å². The van der Waals surface area contributed by atoms with Crippen molar-refractivity contribution in [3.63, 3.8) is 0 Å². The number of pyridine rings is 1. The monoisotopic (exact) mass is 271 g/mol. The lowest BCUT2D eigenvalue weighted by Gasteiger charge is -2.23. The fourth-order valence-electron chi connectivity index (χ4n) is 3.40. The van der Waals surface area contributed by atoms with Crippen LogP contribution in [0.2, 0.25) is 0 Å². The molecular formula is C17H25N3. The van der Waals surface area contributed by atoms with Crippen LogP contribution in [-0.2, 0) is 6.54 Å². The van der Waals surface area contributed by atoms with Crippen LogP contribution in [0.1, 0.15) is 50.4 Å². The summed E-state index contributed by atoms with van der Waals surface area (Å²) in [5, 5.41) is 3.79. The molecule has 108 valence electrons. The molecule has 0 aliphatic heterocycles. The van der Waals surface area contributed by atoms with Crippen LogP contribution >= 0.6 is 0 Å². The van der Waals surface area contributed by atoms with Crippen LogP contribution in [0.3, 0.4) is 0 Å². The van der Waals surface area contributed by atoms with Gasteiger partial charge in [-0.15, -0.1) is 0 Å². The third kappa shape index (κ3) is 2.73. The zero-order valence-electron chi connectivity index (χ0n) is 12.6. The van der Waals surface area contributed by atoms with Gasteiger partial charge >= 0.3 is 0 Å². The number of hydrogen-bond acceptors (Lipinski definition) is 2. The second-order valence-electron chi connectivity index (χ2n) is 6.18. The summed E-state index contributed by atoms with van der Waals surface area (Å²) in [5.74, 6) is 0.789. The number of fused-ring (bicyclic) bond motifs is 1. The molecular weight excluding hydrogens is 246 g/mol. The van der Waals surface area contributed by atoms with Gasteiger partial charge in [0, 0.05) is 18.8 Å². The first-order chi connectivity index (χ1) is 9.75. The van der Waals surface area contributed by atoms with Crippen LogP contribution in [0.5, 0.6) is 0 Å². The minimum absolute atomic E-state index is 0.658. The second kappa shape index (κ2) is 5.96. The van der Waals surface area contributed by atoms with Gasteiger partial charge in [-0.1, -0.05) is 32.3 Å². The second-order valence-corrected chi connectivity index (χ2v) is 6.18. The molecule has 2 heterocycles. The van der Waals surface area contributed by atoms with Crippen molar-refractivity contribution in [3.8, 4) is 0 Å². The lowest BCUT2D eigenvalue weighted by molar-refractivity contribution is 0.354. The molecule has 3 nitrogen and oxygen atoms in total. The highest BCUT2D eigenvalue weighted by Crippen LogP contribution is 2.23. The Morgan fingerprint density at radius 1 is 1.25 bits per heavy atom. The van der Waals surface area contributed by atoms with Crippen molar-refractivity contribution in [1.29, 1.82) is 0 Å². The molecule has 2 aromatic heterocycles. The lowest BCUT2D eigenvalue weighted by Crippen LogP contribution is -2.34. The largest absolute Gasteiger partial charge is 0.308 e. The minimum Gasteiger partial charge on any atom is -0.308 e. The van der Waals surface area contributed by atoms with Gasteiger partial charge in [0.05, 0.1) is 11.4 Å². The summed E-state index contributed by atoms with van der Waals surface area (Å²) in [6.45, 7) is 5.43. The molecule has 1 aliphatic rings. The first-order valence-electron chi connectivity index (χ1n) is 7.91. The van der Waals surface area contributed by atoms with Gasteiger partial charge in [-0.2, -0.15) is 0 Å². The Balaban J connectivity index is 1.74. The third-order valence-electron chi connectivity index (χ3n) is 4.72. The number of nitrogens with zero attached hydrogens (tertiary/aromatic N) is 2. The zero-order chi connectivity index (χ0) is 13.9. The molecule has 3 rings (SSSR count). The summed E-state index contributed by atoms with van der Waals surface area (Å²) in [7, 11) is 0. The Kier molecular flexibility index (Phi) is 4.06. The highest BCUT2D eigenvalue weighted by Gasteiger charge is 2.20. The smallest absolute Gasteiger partial charge is 0.137 e. The molecule has 20 heavy (non-hydrogen) atoms. The van der Waals surface area contributed by atoms with Gasteiger partial charge in [-0.05, 0) is 37.8 Å². The lowest BCUT2D eigenvalue weighted by atomic mass is 9.97. The Morgan fingerprint density at radius 2 is 2.10 bits per heavy atom. The predicted octanol–water partition coefficient (Wildman–Crippen LogP) is 3.70. The van der Waals surface area contributed by atoms with Crippen molar-refractivity contribution in [2.24, 2.45) is 5.92 Å². The average molecular weight is 271 g/mol. The van der Waals surface area contributed by atoms with E-state index in [0.717, 1.165) is 23.8 Å². The predicted molar refractivity (Wildman–Crippen MR) is 82.8 cm³/mol. The number of aryl methyl sites for hydroxylation is 1. The standard InChI is InChI=1S/C17H25N3/c1-13-8-4-3-5-9-15(13)18-12-16-14(2)19-17-10-6-7-11-20(16)17/h6-7,10-11,13,15,18H,3-5,8-9,12H2,1-2H3. The fraction of sp³-hybridized carbons (Fsp3) is 0.588. The van der Waals surface area contributed by atoms with Gasteiger partial charge in [0.25, 0.3) is 0 Å². The molecule has 1 N–H and O–H groups in total. The van der Waals surface area contributed by atoms with Gasteiger partial charge in [-0.3, -0.25) is 0 Å². The van der Waals surface area contributed by atoms with Crippen LogP contribution < -0.4 is 5.32 Å². The highest BCUT2D eigenvalue weighted by molar-refractivity contribution is 5.42. The molecule has 0 bridgehead atoms. The molecule has 2 atom stereocenters. The quantitative estimate of drug-likeness (QED) is 0.862. The summed E-state index contributed by atoms with van der Waals surface area (Å²) in [6.07, 6.45) is 8.96. The van der Waals surface area contributed by atoms with Crippen molar-refractivity contribution in [3.05, 3.63) is 35.8 Å². The van der Waals surface area contributed by atoms with Gasteiger partial charge in [0.15, 0.2) is 0 Å². The molecule has 0 radical (unpaired) electrons. The van der Waals surface area contributed by atoms with E-state index in [0.29, 0.717) is 6.04 Å². The molecule has 1 fully saturated rings. The molecule has 0 aromatic carbocycles. The van der Waals surface area contributed by atoms with Gasteiger partial charge < -0.3 is 9.72 Å². The van der Waals surface area contributed by atoms with Crippen molar-refractivity contribution < 1.29 is 0 Å². The van der Waals surface area contributed by atoms with E-state index < -0.39 is 0 Å². The SMILES string of the molecule is Cc1nc2ccccn2c1CNC1CCCCCC1C. The number of aromatic nitrogens is 2. The van der Waals surface area contributed by atoms with E-state index in [-0.39, 0.29) is 0 Å². The minimum atomic E-state index is 0.658. The first-order valence-corrected chi connectivity index (χ1v) is 7.91. The average Bonchev–Trinajstić information content (AvgIpc) is 2.62. The van der Waals surface area contributed by atoms with E-state index in [9.17, 15) is 0 Å². The van der Waals surface area contributed by atoms with Gasteiger partial charge in [-0.25, -0.2) is 4.98 Å². The van der Waals surface area contributed by atoms with E-state index >= 15 is 0 Å². The van der Waals surface area contributed by atoms with Gasteiger partial charge in [0.2, 0.25) is 0 Å². The third-order valence-corrected chi connectivity index (χ3v) is 4.72. The van der Waals surface area contributed by atoms with E-state index in [1.807, 2.05) is 6.07 Å². The van der Waals surface area contributed by atoms with Crippen molar-refractivity contribution in [2.75, 3.05) is 0 Å². The Hall–Kier alpha value is -1.35. The summed E-state index contributed by atoms with van der Waals surface area (Å²) in [4.78, 5) is 4.64. The molecule has 0 spiro atoms. The summed E-state index contributed by atoms with van der Waals surface area (Å²) in [5.41, 5.74) is 3.50. The number of rotatable bonds is 3. The maximum atomic E-state index is 4.64. The van der Waals surface area contributed by atoms with Crippen molar-refractivity contribution >= 4 is 5.65 Å². The van der Waals surface area contributed by atoms with E-state index in [1.54, 1.807) is 0 Å². The maximum absolute atomic E-state index is 4.64. The Bertz CT molecular complexity index is 573. The summed E-state index contributed by atoms with van der Waals surface area (Å²) < 4.78 is 2.21. The van der Waals surface area contributed by atoms with Crippen LogP contribution in [0.15, 0.2) is 24.4 Å². The molecule has 3 heteroatoms. The van der Waals surface area contributed by atoms with E-state index in [1.165, 1.54) is 37.8 Å². The molecule has 2 aromatic rings. The van der Waals surface area contributed by atoms with Gasteiger partial charge in [0.1, 0.15) is 5.65 Å². The molecule has 0 amide bonds. The molecule has 2 unspecified atom stereocenters. The molecule has 1 saturated carbocycles. The molecule has 0 saturated heterocycles. The Morgan fingerprint density at radius 3 is 3.00 bits per heavy atom. The highest BCUT2D eigenvalue weighted by atomic mass is 15.0. The van der Waals surface area contributed by atoms with E-state index in [4.69, 9.17) is 0 Å². The molecule has 1 aliphatic carbocycles. The fourth-order valence-corrected chi connectivity index (χ4v) is 3.40. The number of imidazole rings is 1. The number of nitrogens with one attached hydrogen (secondary N) is 1. The van der Waals surface area contributed by atoms with Crippen LogP contribution in [0.25, 0.3) is 5.65 Å². The van der Waals surface area contributed by atoms with Crippen LogP contribution in [-0.4, -0.2) is 15.4 Å². The Labute approximate surface area is 121 Å². The van der Waals surface area contributed by atoms with Crippen molar-refractivity contribution in [2.45, 2.75) is 58.5 Å². The summed E-state index contributed by atoms with van der Waals surface area (Å²) >= 11 is 0. The van der Waals surface area contributed by atoms with Crippen LogP contribution in [0, 0.1) is 12.8 Å². The first kappa shape index (κ1) is 13.6. The number of hydrogen-bond donors (Lipinski definition) is 1. The van der Waals surface area contributed by atoms with E-state index in [2.05, 4.69) is 46.9 Å². The maximum Gasteiger partial charge on any atom is 0.137 e.